The van der Waals surface area contributed by atoms with Crippen LogP contribution in [0.1, 0.15) is 24.5 Å². The van der Waals surface area contributed by atoms with E-state index in [0.717, 1.165) is 0 Å². The number of ether oxygens (including phenoxy) is 1. The Morgan fingerprint density at radius 2 is 1.80 bits per heavy atom. The van der Waals surface area contributed by atoms with Gasteiger partial charge in [-0.25, -0.2) is 0 Å². The molecular formula is C19H18FNO4. The quantitative estimate of drug-likeness (QED) is 0.455. The van der Waals surface area contributed by atoms with Crippen molar-refractivity contribution >= 4 is 11.7 Å². The lowest BCUT2D eigenvalue weighted by Crippen LogP contribution is -2.33. The Morgan fingerprint density at radius 3 is 2.32 bits per heavy atom. The van der Waals surface area contributed by atoms with E-state index >= 15 is 0 Å². The molecule has 0 heterocycles. The van der Waals surface area contributed by atoms with Gasteiger partial charge in [0, 0.05) is 17.5 Å². The maximum Gasteiger partial charge on any atom is 0.317 e. The predicted molar refractivity (Wildman–Crippen MR) is 90.1 cm³/mol. The summed E-state index contributed by atoms with van der Waals surface area (Å²) < 4.78 is 19.5. The molecular weight excluding hydrogens is 325 g/mol. The van der Waals surface area contributed by atoms with E-state index in [1.807, 2.05) is 6.07 Å². The maximum atomic E-state index is 14.2. The van der Waals surface area contributed by atoms with Gasteiger partial charge < -0.3 is 4.74 Å². The molecule has 6 heteroatoms. The van der Waals surface area contributed by atoms with Crippen LogP contribution in [0.2, 0.25) is 0 Å². The van der Waals surface area contributed by atoms with Crippen molar-refractivity contribution in [1.29, 1.82) is 0 Å². The Kier molecular flexibility index (Phi) is 4.29. The highest BCUT2D eigenvalue weighted by atomic mass is 19.1. The van der Waals surface area contributed by atoms with Crippen molar-refractivity contribution in [2.45, 2.75) is 24.2 Å². The number of hydrogen-bond acceptors (Lipinski definition) is 4. The molecule has 0 radical (unpaired) electrons. The number of carbonyl (C=O) groups excluding carboxylic acids is 1. The van der Waals surface area contributed by atoms with Crippen LogP contribution in [-0.4, -0.2) is 24.2 Å². The minimum absolute atomic E-state index is 0.0696. The number of non-ortho nitro benzene ring substituents is 1. The third-order valence-electron chi connectivity index (χ3n) is 5.01. The van der Waals surface area contributed by atoms with Gasteiger partial charge in [-0.3, -0.25) is 19.3 Å². The highest BCUT2D eigenvalue weighted by Crippen LogP contribution is 2.66. The van der Waals surface area contributed by atoms with E-state index < -0.39 is 28.4 Å². The van der Waals surface area contributed by atoms with Gasteiger partial charge in [-0.15, -0.1) is 0 Å². The third-order valence-corrected chi connectivity index (χ3v) is 5.01. The fourth-order valence-corrected chi connectivity index (χ4v) is 3.64. The van der Waals surface area contributed by atoms with Crippen molar-refractivity contribution < 1.29 is 18.8 Å². The monoisotopic (exact) mass is 343 g/mol. The summed E-state index contributed by atoms with van der Waals surface area (Å²) in [6, 6.07) is 14.7. The van der Waals surface area contributed by atoms with E-state index in [-0.39, 0.29) is 18.7 Å². The van der Waals surface area contributed by atoms with E-state index in [1.54, 1.807) is 31.2 Å². The topological polar surface area (TPSA) is 69.4 Å². The van der Waals surface area contributed by atoms with Crippen molar-refractivity contribution in [1.82, 2.24) is 0 Å². The average molecular weight is 343 g/mol. The molecule has 0 saturated heterocycles. The predicted octanol–water partition coefficient (Wildman–Crippen LogP) is 3.71. The van der Waals surface area contributed by atoms with Gasteiger partial charge in [0.2, 0.25) is 0 Å². The maximum absolute atomic E-state index is 14.2. The molecule has 0 aromatic heterocycles. The molecule has 5 nitrogen and oxygen atoms in total. The van der Waals surface area contributed by atoms with Crippen molar-refractivity contribution in [3.05, 3.63) is 75.8 Å². The first-order valence-electron chi connectivity index (χ1n) is 8.05. The lowest BCUT2D eigenvalue weighted by Gasteiger charge is -2.23. The molecule has 0 unspecified atom stereocenters. The van der Waals surface area contributed by atoms with Gasteiger partial charge in [0.1, 0.15) is 12.1 Å². The third kappa shape index (κ3) is 2.49. The molecule has 0 N–H and O–H groups in total. The zero-order chi connectivity index (χ0) is 18.1. The van der Waals surface area contributed by atoms with Crippen LogP contribution >= 0.6 is 0 Å². The van der Waals surface area contributed by atoms with E-state index in [1.165, 1.54) is 24.3 Å². The van der Waals surface area contributed by atoms with Crippen molar-refractivity contribution in [3.63, 3.8) is 0 Å². The van der Waals surface area contributed by atoms with Crippen molar-refractivity contribution in [3.8, 4) is 0 Å². The summed E-state index contributed by atoms with van der Waals surface area (Å²) in [5.41, 5.74) is -0.966. The molecule has 2 aromatic rings. The largest absolute Gasteiger partial charge is 0.465 e. The Labute approximate surface area is 144 Å². The number of alkyl halides is 1. The number of rotatable bonds is 6. The van der Waals surface area contributed by atoms with Gasteiger partial charge in [-0.2, -0.15) is 0 Å². The molecule has 0 aliphatic heterocycles. The Bertz CT molecular complexity index is 793. The van der Waals surface area contributed by atoms with Crippen molar-refractivity contribution in [2.75, 3.05) is 13.3 Å². The van der Waals surface area contributed by atoms with E-state index in [9.17, 15) is 19.3 Å². The van der Waals surface area contributed by atoms with Crippen LogP contribution < -0.4 is 0 Å². The van der Waals surface area contributed by atoms with Crippen LogP contribution in [0.3, 0.4) is 0 Å². The van der Waals surface area contributed by atoms with Gasteiger partial charge in [0.15, 0.2) is 0 Å². The standard InChI is InChI=1S/C19H18FNO4/c1-2-25-17(22)19(15-6-4-3-5-7-15)12-18(19,13-20)14-8-10-16(11-9-14)21(23)24/h3-11H,2,12-13H2,1H3/t18-,19-/m1/s1. The highest BCUT2D eigenvalue weighted by molar-refractivity contribution is 5.91. The Hall–Kier alpha value is -2.76. The minimum Gasteiger partial charge on any atom is -0.465 e. The Morgan fingerprint density at radius 1 is 1.16 bits per heavy atom. The summed E-state index contributed by atoms with van der Waals surface area (Å²) in [6.45, 7) is 1.16. The van der Waals surface area contributed by atoms with Gasteiger partial charge in [-0.05, 0) is 24.5 Å². The highest BCUT2D eigenvalue weighted by Gasteiger charge is 2.74. The van der Waals surface area contributed by atoms with Gasteiger partial charge in [0.05, 0.1) is 11.5 Å². The zero-order valence-corrected chi connectivity index (χ0v) is 13.8. The molecule has 3 rings (SSSR count). The minimum atomic E-state index is -1.10. The van der Waals surface area contributed by atoms with Gasteiger partial charge in [-0.1, -0.05) is 42.5 Å². The first-order valence-corrected chi connectivity index (χ1v) is 8.05. The molecule has 0 amide bonds. The van der Waals surface area contributed by atoms with Crippen LogP contribution in [0.5, 0.6) is 0 Å². The molecule has 0 spiro atoms. The van der Waals surface area contributed by atoms with Crippen LogP contribution in [-0.2, 0) is 20.4 Å². The number of halogens is 1. The second kappa shape index (κ2) is 6.27. The number of nitro benzene ring substituents is 1. The summed E-state index contributed by atoms with van der Waals surface area (Å²) in [7, 11) is 0. The van der Waals surface area contributed by atoms with E-state index in [0.29, 0.717) is 11.1 Å². The lowest BCUT2D eigenvalue weighted by atomic mass is 9.82. The molecule has 1 fully saturated rings. The normalized spacial score (nSPS) is 24.6. The number of benzene rings is 2. The summed E-state index contributed by atoms with van der Waals surface area (Å²) in [5, 5.41) is 10.8. The lowest BCUT2D eigenvalue weighted by molar-refractivity contribution is -0.384. The average Bonchev–Trinajstić information content (AvgIpc) is 3.35. The van der Waals surface area contributed by atoms with Crippen LogP contribution in [0.15, 0.2) is 54.6 Å². The number of carbonyl (C=O) groups is 1. The van der Waals surface area contributed by atoms with Crippen LogP contribution in [0.4, 0.5) is 10.1 Å². The summed E-state index contributed by atoms with van der Waals surface area (Å²) >= 11 is 0. The molecule has 1 aliphatic rings. The van der Waals surface area contributed by atoms with Crippen molar-refractivity contribution in [2.24, 2.45) is 0 Å². The molecule has 1 aliphatic carbocycles. The number of esters is 1. The number of hydrogen-bond donors (Lipinski definition) is 0. The summed E-state index contributed by atoms with van der Waals surface area (Å²) in [4.78, 5) is 23.1. The second-order valence-electron chi connectivity index (χ2n) is 6.19. The van der Waals surface area contributed by atoms with E-state index in [4.69, 9.17) is 4.74 Å². The number of nitro groups is 1. The fourth-order valence-electron chi connectivity index (χ4n) is 3.64. The fraction of sp³-hybridized carbons (Fsp3) is 0.316. The van der Waals surface area contributed by atoms with E-state index in [2.05, 4.69) is 0 Å². The van der Waals surface area contributed by atoms with Crippen LogP contribution in [0.25, 0.3) is 0 Å². The van der Waals surface area contributed by atoms with Gasteiger partial charge >= 0.3 is 5.97 Å². The molecule has 25 heavy (non-hydrogen) atoms. The smallest absolute Gasteiger partial charge is 0.317 e. The summed E-state index contributed by atoms with van der Waals surface area (Å²) in [6.07, 6.45) is 0.275. The molecule has 1 saturated carbocycles. The first kappa shape index (κ1) is 17.1. The second-order valence-corrected chi connectivity index (χ2v) is 6.19. The van der Waals surface area contributed by atoms with Gasteiger partial charge in [0.25, 0.3) is 5.69 Å². The Balaban J connectivity index is 2.09. The molecule has 0 bridgehead atoms. The SMILES string of the molecule is CCOC(=O)[C@]1(c2ccccc2)C[C@@]1(CF)c1ccc([N+](=O)[O-])cc1. The number of nitrogens with zero attached hydrogens (tertiary/aromatic N) is 1. The molecule has 130 valence electrons. The zero-order valence-electron chi connectivity index (χ0n) is 13.8. The first-order chi connectivity index (χ1) is 12.0. The summed E-state index contributed by atoms with van der Waals surface area (Å²) in [5.74, 6) is -0.461. The molecule has 2 aromatic carbocycles. The molecule has 2 atom stereocenters. The van der Waals surface area contributed by atoms with Crippen LogP contribution in [0, 0.1) is 10.1 Å².